The number of benzene rings is 1. The molecule has 4 heteroatoms. The molecule has 1 aliphatic carbocycles. The first-order chi connectivity index (χ1) is 9.19. The molecule has 0 atom stereocenters. The minimum absolute atomic E-state index is 0.126. The molecule has 0 amide bonds. The second-order valence-corrected chi connectivity index (χ2v) is 4.75. The van der Waals surface area contributed by atoms with Gasteiger partial charge in [-0.2, -0.15) is 13.2 Å². The molecule has 1 aromatic rings. The molecule has 0 unspecified atom stereocenters. The predicted octanol–water partition coefficient (Wildman–Crippen LogP) is 4.25. The molecule has 0 spiro atoms. The van der Waals surface area contributed by atoms with Crippen LogP contribution in [0.5, 0.6) is 0 Å². The Labute approximate surface area is 107 Å². The molecule has 2 rings (SSSR count). The summed E-state index contributed by atoms with van der Waals surface area (Å²) < 4.78 is 53.8. The van der Waals surface area contributed by atoms with Crippen LogP contribution >= 0.6 is 0 Å². The van der Waals surface area contributed by atoms with Crippen LogP contribution in [0.2, 0.25) is 0 Å². The molecule has 100 valence electrons. The van der Waals surface area contributed by atoms with E-state index in [0.29, 0.717) is 0 Å². The van der Waals surface area contributed by atoms with Crippen molar-refractivity contribution < 1.29 is 21.0 Å². The molecule has 0 bridgehead atoms. The Morgan fingerprint density at radius 2 is 1.89 bits per heavy atom. The van der Waals surface area contributed by atoms with Gasteiger partial charge in [0, 0.05) is 0 Å². The number of rotatable bonds is 2. The monoisotopic (exact) mass is 260 g/mol. The van der Waals surface area contributed by atoms with E-state index < -0.39 is 18.3 Å². The molecule has 0 saturated heterocycles. The van der Waals surface area contributed by atoms with E-state index in [1.54, 1.807) is 0 Å². The van der Waals surface area contributed by atoms with Gasteiger partial charge in [-0.25, -0.2) is 0 Å². The summed E-state index contributed by atoms with van der Waals surface area (Å²) in [4.78, 5) is 0. The van der Waals surface area contributed by atoms with E-state index in [-0.39, 0.29) is 17.0 Å². The second kappa shape index (κ2) is 5.31. The molecule has 0 aromatic heterocycles. The van der Waals surface area contributed by atoms with Crippen LogP contribution in [-0.4, -0.2) is 5.11 Å². The lowest BCUT2D eigenvalue weighted by molar-refractivity contribution is -0.138. The minimum Gasteiger partial charge on any atom is -0.392 e. The first-order valence-corrected chi connectivity index (χ1v) is 6.13. The maximum atomic E-state index is 13.2. The Bertz CT molecular complexity index is 474. The van der Waals surface area contributed by atoms with Gasteiger partial charge in [0.25, 0.3) is 0 Å². The SMILES string of the molecule is [2H]C([2H])(O)c1ccc(C2CCCCC2)c(C(F)(F)F)c1. The highest BCUT2D eigenvalue weighted by Crippen LogP contribution is 2.40. The third-order valence-corrected chi connectivity index (χ3v) is 3.53. The predicted molar refractivity (Wildman–Crippen MR) is 63.2 cm³/mol. The van der Waals surface area contributed by atoms with E-state index in [1.165, 1.54) is 12.1 Å². The van der Waals surface area contributed by atoms with Crippen LogP contribution in [0, 0.1) is 0 Å². The molecule has 1 fully saturated rings. The van der Waals surface area contributed by atoms with Crippen LogP contribution in [0.3, 0.4) is 0 Å². The summed E-state index contributed by atoms with van der Waals surface area (Å²) in [6, 6.07) is 3.31. The van der Waals surface area contributed by atoms with Crippen molar-refractivity contribution in [3.63, 3.8) is 0 Å². The molecule has 0 radical (unpaired) electrons. The van der Waals surface area contributed by atoms with Gasteiger partial charge >= 0.3 is 6.18 Å². The van der Waals surface area contributed by atoms with Crippen LogP contribution in [-0.2, 0) is 12.7 Å². The fourth-order valence-electron chi connectivity index (χ4n) is 2.64. The Hall–Kier alpha value is -1.03. The average Bonchev–Trinajstić information content (AvgIpc) is 2.37. The molecule has 1 saturated carbocycles. The van der Waals surface area contributed by atoms with Crippen molar-refractivity contribution in [2.75, 3.05) is 0 Å². The van der Waals surface area contributed by atoms with Crippen LogP contribution in [0.4, 0.5) is 13.2 Å². The van der Waals surface area contributed by atoms with Crippen molar-refractivity contribution in [3.8, 4) is 0 Å². The standard InChI is InChI=1S/C14H17F3O/c15-14(16,17)13-8-10(9-18)6-7-12(13)11-4-2-1-3-5-11/h6-8,11,18H,1-5,9H2/i9D2. The Kier molecular flexibility index (Phi) is 3.20. The lowest BCUT2D eigenvalue weighted by Crippen LogP contribution is -2.14. The summed E-state index contributed by atoms with van der Waals surface area (Å²) in [7, 11) is 0. The third-order valence-electron chi connectivity index (χ3n) is 3.53. The van der Waals surface area contributed by atoms with E-state index in [2.05, 4.69) is 0 Å². The second-order valence-electron chi connectivity index (χ2n) is 4.75. The average molecular weight is 260 g/mol. The molecular weight excluding hydrogens is 241 g/mol. The van der Waals surface area contributed by atoms with Crippen molar-refractivity contribution in [2.24, 2.45) is 0 Å². The van der Waals surface area contributed by atoms with Crippen molar-refractivity contribution in [1.29, 1.82) is 0 Å². The van der Waals surface area contributed by atoms with Gasteiger partial charge in [0.1, 0.15) is 0 Å². The zero-order valence-corrected chi connectivity index (χ0v) is 9.93. The Morgan fingerprint density at radius 1 is 1.22 bits per heavy atom. The van der Waals surface area contributed by atoms with Gasteiger partial charge in [-0.1, -0.05) is 31.4 Å². The number of aliphatic hydroxyl groups is 1. The normalized spacial score (nSPS) is 20.4. The molecule has 0 aliphatic heterocycles. The summed E-state index contributed by atoms with van der Waals surface area (Å²) in [5.41, 5.74) is -0.950. The Balaban J connectivity index is 2.45. The van der Waals surface area contributed by atoms with Gasteiger partial charge in [0.05, 0.1) is 14.9 Å². The number of hydrogen-bond donors (Lipinski definition) is 1. The molecule has 1 aliphatic rings. The zero-order chi connectivity index (χ0) is 15.0. The van der Waals surface area contributed by atoms with Gasteiger partial charge in [-0.15, -0.1) is 0 Å². The summed E-state index contributed by atoms with van der Waals surface area (Å²) in [5, 5.41) is 9.25. The summed E-state index contributed by atoms with van der Waals surface area (Å²) in [6.45, 7) is -2.76. The summed E-state index contributed by atoms with van der Waals surface area (Å²) in [5.74, 6) is -0.126. The van der Waals surface area contributed by atoms with Crippen LogP contribution < -0.4 is 0 Å². The first-order valence-electron chi connectivity index (χ1n) is 7.13. The van der Waals surface area contributed by atoms with Crippen LogP contribution in [0.15, 0.2) is 18.2 Å². The van der Waals surface area contributed by atoms with Crippen LogP contribution in [0.1, 0.15) is 57.5 Å². The molecule has 1 N–H and O–H groups in total. The topological polar surface area (TPSA) is 20.2 Å². The van der Waals surface area contributed by atoms with Crippen molar-refractivity contribution in [2.45, 2.75) is 50.8 Å². The third kappa shape index (κ3) is 2.86. The molecule has 1 nitrogen and oxygen atoms in total. The van der Waals surface area contributed by atoms with E-state index in [4.69, 9.17) is 2.74 Å². The van der Waals surface area contributed by atoms with Gasteiger partial charge in [-0.05, 0) is 36.0 Å². The van der Waals surface area contributed by atoms with Crippen LogP contribution in [0.25, 0.3) is 0 Å². The van der Waals surface area contributed by atoms with Crippen molar-refractivity contribution >= 4 is 0 Å². The highest BCUT2D eigenvalue weighted by Gasteiger charge is 2.35. The molecule has 0 heterocycles. The largest absolute Gasteiger partial charge is 0.416 e. The Morgan fingerprint density at radius 3 is 2.44 bits per heavy atom. The van der Waals surface area contributed by atoms with Gasteiger partial charge < -0.3 is 5.11 Å². The molecule has 18 heavy (non-hydrogen) atoms. The fraction of sp³-hybridized carbons (Fsp3) is 0.571. The number of alkyl halides is 3. The fourth-order valence-corrected chi connectivity index (χ4v) is 2.64. The van der Waals surface area contributed by atoms with Crippen molar-refractivity contribution in [3.05, 3.63) is 34.9 Å². The molecule has 1 aromatic carbocycles. The lowest BCUT2D eigenvalue weighted by atomic mass is 9.81. The van der Waals surface area contributed by atoms with Gasteiger partial charge in [0.2, 0.25) is 0 Å². The minimum atomic E-state index is -4.53. The summed E-state index contributed by atoms with van der Waals surface area (Å²) in [6.07, 6.45) is -0.179. The number of hydrogen-bond acceptors (Lipinski definition) is 1. The lowest BCUT2D eigenvalue weighted by Gasteiger charge is -2.25. The van der Waals surface area contributed by atoms with Crippen molar-refractivity contribution in [1.82, 2.24) is 0 Å². The maximum Gasteiger partial charge on any atom is 0.416 e. The quantitative estimate of drug-likeness (QED) is 0.843. The van der Waals surface area contributed by atoms with E-state index >= 15 is 0 Å². The van der Waals surface area contributed by atoms with E-state index in [0.717, 1.165) is 38.2 Å². The summed E-state index contributed by atoms with van der Waals surface area (Å²) >= 11 is 0. The smallest absolute Gasteiger partial charge is 0.392 e. The van der Waals surface area contributed by atoms with E-state index in [9.17, 15) is 18.3 Å². The highest BCUT2D eigenvalue weighted by molar-refractivity contribution is 5.36. The first kappa shape index (κ1) is 10.9. The number of halogens is 3. The van der Waals surface area contributed by atoms with Gasteiger partial charge in [0.15, 0.2) is 0 Å². The highest BCUT2D eigenvalue weighted by atomic mass is 19.4. The maximum absolute atomic E-state index is 13.2. The van der Waals surface area contributed by atoms with E-state index in [1.807, 2.05) is 0 Å². The zero-order valence-electron chi connectivity index (χ0n) is 11.9. The van der Waals surface area contributed by atoms with Gasteiger partial charge in [-0.3, -0.25) is 0 Å². The molecular formula is C14H17F3O.